The Morgan fingerprint density at radius 3 is 2.79 bits per heavy atom. The summed E-state index contributed by atoms with van der Waals surface area (Å²) in [6, 6.07) is 21.4. The van der Waals surface area contributed by atoms with Gasteiger partial charge in [-0.2, -0.15) is 10.2 Å². The first-order valence-electron chi connectivity index (χ1n) is 10.5. The van der Waals surface area contributed by atoms with E-state index in [2.05, 4.69) is 55.7 Å². The van der Waals surface area contributed by atoms with Crippen LogP contribution in [0.5, 0.6) is 5.75 Å². The van der Waals surface area contributed by atoms with Crippen LogP contribution < -0.4 is 10.1 Å². The highest BCUT2D eigenvalue weighted by atomic mass is 79.9. The molecule has 0 radical (unpaired) electrons. The first-order valence-corrected chi connectivity index (χ1v) is 11.6. The van der Waals surface area contributed by atoms with E-state index in [1.165, 1.54) is 15.5 Å². The summed E-state index contributed by atoms with van der Waals surface area (Å²) < 4.78 is 9.87. The summed E-state index contributed by atoms with van der Waals surface area (Å²) in [5.74, 6) is 0.204. The molecule has 0 saturated heterocycles. The van der Waals surface area contributed by atoms with Gasteiger partial charge < -0.3 is 10.1 Å². The van der Waals surface area contributed by atoms with Gasteiger partial charge in [0, 0.05) is 16.9 Å². The van der Waals surface area contributed by atoms with Crippen molar-refractivity contribution in [3.63, 3.8) is 0 Å². The fraction of sp³-hybridized carbons (Fsp3) is 0.0800. The molecular formula is C25H19BrClN5O2. The number of nitrogens with one attached hydrogen (secondary N) is 1. The Bertz CT molecular complexity index is 1470. The number of fused-ring (bicyclic) bond motifs is 1. The molecule has 0 bridgehead atoms. The van der Waals surface area contributed by atoms with Crippen LogP contribution in [-0.2, 0) is 13.3 Å². The summed E-state index contributed by atoms with van der Waals surface area (Å²) >= 11 is 9.52. The Labute approximate surface area is 209 Å². The van der Waals surface area contributed by atoms with Gasteiger partial charge in [-0.25, -0.2) is 4.68 Å². The molecule has 0 atom stereocenters. The Morgan fingerprint density at radius 2 is 1.91 bits per heavy atom. The Balaban J connectivity index is 1.21. The molecule has 1 amide bonds. The lowest BCUT2D eigenvalue weighted by molar-refractivity contribution is 0.102. The second kappa shape index (κ2) is 9.70. The van der Waals surface area contributed by atoms with E-state index in [-0.39, 0.29) is 18.3 Å². The zero-order valence-electron chi connectivity index (χ0n) is 17.9. The highest BCUT2D eigenvalue weighted by Gasteiger charge is 2.12. The molecular weight excluding hydrogens is 518 g/mol. The first kappa shape index (κ1) is 22.2. The van der Waals surface area contributed by atoms with Crippen LogP contribution in [-0.4, -0.2) is 25.5 Å². The average Bonchev–Trinajstić information content (AvgIpc) is 3.48. The topological polar surface area (TPSA) is 74.0 Å². The molecule has 0 aliphatic heterocycles. The molecule has 0 aliphatic rings. The number of benzene rings is 3. The molecule has 3 aromatic carbocycles. The number of aromatic nitrogens is 4. The van der Waals surface area contributed by atoms with E-state index in [9.17, 15) is 4.79 Å². The Hall–Kier alpha value is -3.62. The maximum absolute atomic E-state index is 12.6. The average molecular weight is 537 g/mol. The van der Waals surface area contributed by atoms with Crippen LogP contribution in [0.25, 0.3) is 10.8 Å². The summed E-state index contributed by atoms with van der Waals surface area (Å²) in [5, 5.41) is 14.4. The monoisotopic (exact) mass is 535 g/mol. The molecule has 5 rings (SSSR count). The lowest BCUT2D eigenvalue weighted by Crippen LogP contribution is -2.14. The van der Waals surface area contributed by atoms with Gasteiger partial charge in [-0.1, -0.05) is 70.0 Å². The third-order valence-electron chi connectivity index (χ3n) is 5.22. The van der Waals surface area contributed by atoms with Crippen LogP contribution in [0.3, 0.4) is 0 Å². The van der Waals surface area contributed by atoms with Gasteiger partial charge in [0.15, 0.2) is 12.4 Å². The Kier molecular flexibility index (Phi) is 6.33. The summed E-state index contributed by atoms with van der Waals surface area (Å²) in [6.07, 6.45) is 5.10. The second-order valence-corrected chi connectivity index (χ2v) is 8.93. The minimum Gasteiger partial charge on any atom is -0.470 e. The maximum Gasteiger partial charge on any atom is 0.276 e. The number of amides is 1. The third kappa shape index (κ3) is 4.98. The van der Waals surface area contributed by atoms with Crippen LogP contribution in [0.15, 0.2) is 89.8 Å². The molecule has 34 heavy (non-hydrogen) atoms. The molecule has 0 fully saturated rings. The highest BCUT2D eigenvalue weighted by molar-refractivity contribution is 9.10. The minimum absolute atomic E-state index is 0.123. The molecule has 7 nitrogen and oxygen atoms in total. The van der Waals surface area contributed by atoms with Gasteiger partial charge in [0.25, 0.3) is 5.91 Å². The van der Waals surface area contributed by atoms with Crippen LogP contribution in [0, 0.1) is 0 Å². The van der Waals surface area contributed by atoms with Crippen molar-refractivity contribution in [2.45, 2.75) is 13.3 Å². The van der Waals surface area contributed by atoms with Gasteiger partial charge in [-0.15, -0.1) is 0 Å². The maximum atomic E-state index is 12.6. The number of halogens is 2. The Morgan fingerprint density at radius 1 is 1.06 bits per heavy atom. The van der Waals surface area contributed by atoms with Gasteiger partial charge in [0.05, 0.1) is 23.5 Å². The van der Waals surface area contributed by atoms with E-state index < -0.39 is 0 Å². The normalized spacial score (nSPS) is 11.0. The molecule has 0 unspecified atom stereocenters. The van der Waals surface area contributed by atoms with Crippen LogP contribution in [0.4, 0.5) is 5.69 Å². The predicted octanol–water partition coefficient (Wildman–Crippen LogP) is 5.99. The lowest BCUT2D eigenvalue weighted by Gasteiger charge is -2.08. The van der Waals surface area contributed by atoms with Gasteiger partial charge in [0.2, 0.25) is 0 Å². The number of nitrogens with zero attached hydrogens (tertiary/aromatic N) is 4. The van der Waals surface area contributed by atoms with Gasteiger partial charge in [-0.05, 0) is 40.6 Å². The predicted molar refractivity (Wildman–Crippen MR) is 135 cm³/mol. The van der Waals surface area contributed by atoms with Crippen molar-refractivity contribution in [2.24, 2.45) is 0 Å². The summed E-state index contributed by atoms with van der Waals surface area (Å²) in [7, 11) is 0. The number of carbonyl (C=O) groups excluding carboxylic acids is 1. The van der Waals surface area contributed by atoms with E-state index in [0.717, 1.165) is 10.0 Å². The van der Waals surface area contributed by atoms with Crippen molar-refractivity contribution in [2.75, 3.05) is 5.32 Å². The van der Waals surface area contributed by atoms with E-state index in [4.69, 9.17) is 16.3 Å². The van der Waals surface area contributed by atoms with Crippen molar-refractivity contribution in [1.29, 1.82) is 0 Å². The van der Waals surface area contributed by atoms with Crippen molar-refractivity contribution in [1.82, 2.24) is 19.6 Å². The van der Waals surface area contributed by atoms with E-state index >= 15 is 0 Å². The van der Waals surface area contributed by atoms with Crippen LogP contribution >= 0.6 is 27.5 Å². The molecule has 1 N–H and O–H groups in total. The van der Waals surface area contributed by atoms with E-state index in [0.29, 0.717) is 23.0 Å². The standard InChI is InChI=1S/C25H19BrClN5O2/c26-19-8-9-24(22(27)12-19)34-16-31-11-10-23(30-31)25(33)29-20-13-28-32(15-20)14-18-6-3-5-17-4-1-2-7-21(17)18/h1-13,15H,14,16H2,(H,29,33). The lowest BCUT2D eigenvalue weighted by atomic mass is 10.0. The summed E-state index contributed by atoms with van der Waals surface area (Å²) in [5.41, 5.74) is 2.02. The minimum atomic E-state index is -0.329. The highest BCUT2D eigenvalue weighted by Crippen LogP contribution is 2.28. The van der Waals surface area contributed by atoms with Crippen LogP contribution in [0.2, 0.25) is 5.02 Å². The second-order valence-electron chi connectivity index (χ2n) is 7.61. The van der Waals surface area contributed by atoms with Gasteiger partial charge in [-0.3, -0.25) is 9.48 Å². The van der Waals surface area contributed by atoms with Crippen molar-refractivity contribution >= 4 is 49.9 Å². The summed E-state index contributed by atoms with van der Waals surface area (Å²) in [6.45, 7) is 0.722. The zero-order valence-corrected chi connectivity index (χ0v) is 20.2. The number of anilines is 1. The third-order valence-corrected chi connectivity index (χ3v) is 6.01. The SMILES string of the molecule is O=C(Nc1cnn(Cc2cccc3ccccc23)c1)c1ccn(COc2ccc(Br)cc2Cl)n1. The van der Waals surface area contributed by atoms with E-state index in [1.807, 2.05) is 24.3 Å². The van der Waals surface area contributed by atoms with Crippen molar-refractivity contribution in [3.05, 3.63) is 106 Å². The van der Waals surface area contributed by atoms with Gasteiger partial charge in [0.1, 0.15) is 5.75 Å². The van der Waals surface area contributed by atoms with E-state index in [1.54, 1.807) is 41.5 Å². The number of hydrogen-bond donors (Lipinski definition) is 1. The fourth-order valence-electron chi connectivity index (χ4n) is 3.60. The molecule has 0 saturated carbocycles. The fourth-order valence-corrected chi connectivity index (χ4v) is 4.33. The molecule has 170 valence electrons. The number of carbonyl (C=O) groups is 1. The van der Waals surface area contributed by atoms with Gasteiger partial charge >= 0.3 is 0 Å². The molecule has 9 heteroatoms. The smallest absolute Gasteiger partial charge is 0.276 e. The molecule has 0 spiro atoms. The molecule has 2 aromatic heterocycles. The molecule has 0 aliphatic carbocycles. The number of rotatable bonds is 7. The largest absolute Gasteiger partial charge is 0.470 e. The molecule has 5 aromatic rings. The van der Waals surface area contributed by atoms with Crippen molar-refractivity contribution in [3.8, 4) is 5.75 Å². The first-order chi connectivity index (χ1) is 16.5. The van der Waals surface area contributed by atoms with Crippen molar-refractivity contribution < 1.29 is 9.53 Å². The number of ether oxygens (including phenoxy) is 1. The number of hydrogen-bond acceptors (Lipinski definition) is 4. The quantitative estimate of drug-likeness (QED) is 0.277. The molecule has 2 heterocycles. The zero-order chi connectivity index (χ0) is 23.5. The van der Waals surface area contributed by atoms with Crippen LogP contribution in [0.1, 0.15) is 16.1 Å². The summed E-state index contributed by atoms with van der Waals surface area (Å²) in [4.78, 5) is 12.6.